The third kappa shape index (κ3) is 3.63. The molecule has 3 heterocycles. The lowest BCUT2D eigenvalue weighted by molar-refractivity contribution is -0.144. The molecular weight excluding hydrogens is 401 g/mol. The van der Waals surface area contributed by atoms with Crippen LogP contribution < -0.4 is 5.32 Å². The van der Waals surface area contributed by atoms with E-state index in [4.69, 9.17) is 4.74 Å². The molecule has 0 spiro atoms. The second kappa shape index (κ2) is 8.07. The van der Waals surface area contributed by atoms with Gasteiger partial charge in [-0.1, -0.05) is 25.0 Å². The molecule has 1 aromatic heterocycles. The summed E-state index contributed by atoms with van der Waals surface area (Å²) in [5.74, 6) is -1.50. The molecule has 1 saturated carbocycles. The fourth-order valence-corrected chi connectivity index (χ4v) is 5.26. The SMILES string of the molecule is O=C1COC[C@@H]1NC(=O)[C@@H]1CCCC[C@H]1C(=O)N1CCc2c([nH]c3c(F)cccc23)C1. The van der Waals surface area contributed by atoms with Crippen molar-refractivity contribution in [2.24, 2.45) is 11.8 Å². The van der Waals surface area contributed by atoms with Crippen LogP contribution in [-0.4, -0.2) is 53.3 Å². The van der Waals surface area contributed by atoms with Crippen molar-refractivity contribution in [2.75, 3.05) is 19.8 Å². The highest BCUT2D eigenvalue weighted by atomic mass is 19.1. The van der Waals surface area contributed by atoms with Crippen molar-refractivity contribution in [3.8, 4) is 0 Å². The topological polar surface area (TPSA) is 91.5 Å². The van der Waals surface area contributed by atoms with Gasteiger partial charge in [-0.3, -0.25) is 14.4 Å². The summed E-state index contributed by atoms with van der Waals surface area (Å²) in [5, 5.41) is 3.67. The molecule has 3 aliphatic rings. The van der Waals surface area contributed by atoms with Gasteiger partial charge in [0.25, 0.3) is 0 Å². The molecule has 2 N–H and O–H groups in total. The number of nitrogens with one attached hydrogen (secondary N) is 2. The quantitative estimate of drug-likeness (QED) is 0.785. The summed E-state index contributed by atoms with van der Waals surface area (Å²) in [5.41, 5.74) is 2.42. The molecule has 5 rings (SSSR count). The minimum absolute atomic E-state index is 0.0270. The molecule has 164 valence electrons. The number of hydrogen-bond acceptors (Lipinski definition) is 4. The summed E-state index contributed by atoms with van der Waals surface area (Å²) in [6, 6.07) is 4.43. The van der Waals surface area contributed by atoms with Gasteiger partial charge in [0, 0.05) is 29.5 Å². The van der Waals surface area contributed by atoms with Gasteiger partial charge >= 0.3 is 0 Å². The van der Waals surface area contributed by atoms with Gasteiger partial charge in [-0.25, -0.2) is 4.39 Å². The van der Waals surface area contributed by atoms with Crippen molar-refractivity contribution in [3.05, 3.63) is 35.3 Å². The molecule has 0 radical (unpaired) electrons. The maximum Gasteiger partial charge on any atom is 0.226 e. The van der Waals surface area contributed by atoms with Crippen molar-refractivity contribution in [2.45, 2.75) is 44.7 Å². The first-order valence-electron chi connectivity index (χ1n) is 11.0. The van der Waals surface area contributed by atoms with Crippen LogP contribution >= 0.6 is 0 Å². The lowest BCUT2D eigenvalue weighted by Gasteiger charge is -2.36. The summed E-state index contributed by atoms with van der Waals surface area (Å²) < 4.78 is 19.3. The number of aromatic nitrogens is 1. The minimum Gasteiger partial charge on any atom is -0.371 e. The molecule has 2 fully saturated rings. The van der Waals surface area contributed by atoms with Gasteiger partial charge in [0.1, 0.15) is 18.5 Å². The number of ketones is 1. The van der Waals surface area contributed by atoms with Crippen molar-refractivity contribution in [1.82, 2.24) is 15.2 Å². The molecule has 8 heteroatoms. The Morgan fingerprint density at radius 3 is 2.77 bits per heavy atom. The van der Waals surface area contributed by atoms with Gasteiger partial charge in [0.05, 0.1) is 18.7 Å². The minimum atomic E-state index is -0.607. The van der Waals surface area contributed by atoms with Crippen LogP contribution in [0, 0.1) is 17.7 Å². The van der Waals surface area contributed by atoms with E-state index >= 15 is 0 Å². The number of aromatic amines is 1. The molecule has 0 unspecified atom stereocenters. The number of benzene rings is 1. The maximum atomic E-state index is 14.2. The number of carbonyl (C=O) groups excluding carboxylic acids is 3. The highest BCUT2D eigenvalue weighted by molar-refractivity contribution is 5.94. The van der Waals surface area contributed by atoms with Gasteiger partial charge in [-0.05, 0) is 30.9 Å². The van der Waals surface area contributed by atoms with Crippen LogP contribution in [0.15, 0.2) is 18.2 Å². The Bertz CT molecular complexity index is 1050. The number of halogens is 1. The largest absolute Gasteiger partial charge is 0.371 e. The number of fused-ring (bicyclic) bond motifs is 3. The lowest BCUT2D eigenvalue weighted by Crippen LogP contribution is -2.49. The molecular formula is C23H26FN3O4. The van der Waals surface area contributed by atoms with E-state index in [-0.39, 0.29) is 36.6 Å². The summed E-state index contributed by atoms with van der Waals surface area (Å²) >= 11 is 0. The van der Waals surface area contributed by atoms with Crippen LogP contribution in [0.2, 0.25) is 0 Å². The second-order valence-corrected chi connectivity index (χ2v) is 8.79. The fourth-order valence-electron chi connectivity index (χ4n) is 5.26. The van der Waals surface area contributed by atoms with Crippen molar-refractivity contribution >= 4 is 28.5 Å². The first-order valence-corrected chi connectivity index (χ1v) is 11.0. The Balaban J connectivity index is 1.32. The van der Waals surface area contributed by atoms with Crippen LogP contribution in [0.1, 0.15) is 36.9 Å². The number of hydrogen-bond donors (Lipinski definition) is 2. The summed E-state index contributed by atoms with van der Waals surface area (Å²) in [6.07, 6.45) is 3.75. The number of carbonyl (C=O) groups is 3. The fraction of sp³-hybridized carbons (Fsp3) is 0.522. The molecule has 2 aromatic rings. The number of para-hydroxylation sites is 1. The maximum absolute atomic E-state index is 14.2. The van der Waals surface area contributed by atoms with Crippen LogP contribution in [-0.2, 0) is 32.1 Å². The van der Waals surface area contributed by atoms with Crippen molar-refractivity contribution in [3.63, 3.8) is 0 Å². The Labute approximate surface area is 179 Å². The van der Waals surface area contributed by atoms with Crippen molar-refractivity contribution in [1.29, 1.82) is 0 Å². The summed E-state index contributed by atoms with van der Waals surface area (Å²) in [7, 11) is 0. The zero-order valence-corrected chi connectivity index (χ0v) is 17.3. The zero-order chi connectivity index (χ0) is 21.5. The monoisotopic (exact) mass is 427 g/mol. The van der Waals surface area contributed by atoms with Gasteiger partial charge in [0.2, 0.25) is 11.8 Å². The van der Waals surface area contributed by atoms with E-state index in [0.717, 1.165) is 29.5 Å². The average molecular weight is 427 g/mol. The molecule has 0 bridgehead atoms. The van der Waals surface area contributed by atoms with E-state index in [0.29, 0.717) is 37.9 Å². The average Bonchev–Trinajstić information content (AvgIpc) is 3.36. The predicted octanol–water partition coefficient (Wildman–Crippen LogP) is 2.08. The highest BCUT2D eigenvalue weighted by Crippen LogP contribution is 2.34. The Hall–Kier alpha value is -2.74. The summed E-state index contributed by atoms with van der Waals surface area (Å²) in [6.45, 7) is 1.16. The van der Waals surface area contributed by atoms with E-state index in [2.05, 4.69) is 10.3 Å². The number of rotatable bonds is 3. The van der Waals surface area contributed by atoms with Crippen molar-refractivity contribution < 1.29 is 23.5 Å². The van der Waals surface area contributed by atoms with E-state index in [1.54, 1.807) is 11.0 Å². The van der Waals surface area contributed by atoms with Crippen LogP contribution in [0.25, 0.3) is 10.9 Å². The number of nitrogens with zero attached hydrogens (tertiary/aromatic N) is 1. The smallest absolute Gasteiger partial charge is 0.226 e. The molecule has 3 atom stereocenters. The molecule has 1 aromatic carbocycles. The lowest BCUT2D eigenvalue weighted by atomic mass is 9.77. The standard InChI is InChI=1S/C23H26FN3O4/c24-17-7-3-6-14-13-8-9-27(10-18(13)25-21(14)17)23(30)16-5-2-1-4-15(16)22(29)26-19-11-31-12-20(19)28/h3,6-7,15-16,19,25H,1-2,4-5,8-12H2,(H,26,29)/t15-,16-,19+/m1/s1. The number of amides is 2. The number of H-pyrrole nitrogens is 1. The van der Waals surface area contributed by atoms with E-state index in [9.17, 15) is 18.8 Å². The molecule has 7 nitrogen and oxygen atoms in total. The van der Waals surface area contributed by atoms with Crippen LogP contribution in [0.5, 0.6) is 0 Å². The predicted molar refractivity (Wildman–Crippen MR) is 111 cm³/mol. The van der Waals surface area contributed by atoms with Gasteiger partial charge in [-0.15, -0.1) is 0 Å². The number of ether oxygens (including phenoxy) is 1. The molecule has 2 amide bonds. The first kappa shape index (κ1) is 20.2. The normalized spacial score (nSPS) is 26.2. The van der Waals surface area contributed by atoms with E-state index in [1.165, 1.54) is 6.07 Å². The number of Topliss-reactive ketones (excluding diaryl/α,β-unsaturated/α-hetero) is 1. The van der Waals surface area contributed by atoms with Crippen LogP contribution in [0.3, 0.4) is 0 Å². The highest BCUT2D eigenvalue weighted by Gasteiger charge is 2.40. The third-order valence-corrected chi connectivity index (χ3v) is 6.93. The Morgan fingerprint density at radius 2 is 2.00 bits per heavy atom. The first-order chi connectivity index (χ1) is 15.0. The van der Waals surface area contributed by atoms with Gasteiger partial charge < -0.3 is 19.9 Å². The van der Waals surface area contributed by atoms with E-state index < -0.39 is 17.9 Å². The molecule has 1 saturated heterocycles. The van der Waals surface area contributed by atoms with Gasteiger partial charge in [-0.2, -0.15) is 0 Å². The second-order valence-electron chi connectivity index (χ2n) is 8.79. The van der Waals surface area contributed by atoms with E-state index in [1.807, 2.05) is 6.07 Å². The van der Waals surface area contributed by atoms with Crippen LogP contribution in [0.4, 0.5) is 4.39 Å². The Morgan fingerprint density at radius 1 is 1.19 bits per heavy atom. The Kier molecular flexibility index (Phi) is 5.25. The summed E-state index contributed by atoms with van der Waals surface area (Å²) in [4.78, 5) is 43.1. The zero-order valence-electron chi connectivity index (χ0n) is 17.3. The van der Waals surface area contributed by atoms with Gasteiger partial charge in [0.15, 0.2) is 5.78 Å². The molecule has 2 aliphatic heterocycles. The molecule has 1 aliphatic carbocycles. The molecule has 31 heavy (non-hydrogen) atoms. The third-order valence-electron chi connectivity index (χ3n) is 6.93.